The fraction of sp³-hybridized carbons (Fsp3) is 0.632. The molecule has 0 aromatic heterocycles. The molecule has 0 spiro atoms. The van der Waals surface area contributed by atoms with Crippen LogP contribution in [0.15, 0.2) is 18.2 Å². The molecule has 0 saturated carbocycles. The Kier molecular flexibility index (Phi) is 13.8. The molecule has 0 saturated heterocycles. The number of unbranched alkanes of at least 4 members (excludes halogenated alkanes) is 1. The van der Waals surface area contributed by atoms with Crippen LogP contribution in [0.5, 0.6) is 5.75 Å². The molecule has 1 rings (SSSR count). The number of halogens is 1. The summed E-state index contributed by atoms with van der Waals surface area (Å²) in [6.45, 7) is 11.1. The van der Waals surface area contributed by atoms with Gasteiger partial charge in [-0.05, 0) is 37.7 Å². The van der Waals surface area contributed by atoms with Crippen molar-refractivity contribution in [3.8, 4) is 5.75 Å². The Balaban J connectivity index is 0.00000625. The van der Waals surface area contributed by atoms with Gasteiger partial charge in [0.05, 0.1) is 31.1 Å². The van der Waals surface area contributed by atoms with Crippen LogP contribution in [-0.4, -0.2) is 56.9 Å². The van der Waals surface area contributed by atoms with Crippen LogP contribution in [0.3, 0.4) is 0 Å². The number of nitrogen functional groups attached to an aromatic ring is 1. The van der Waals surface area contributed by atoms with Crippen LogP contribution in [0.4, 0.5) is 5.69 Å². The van der Waals surface area contributed by atoms with Gasteiger partial charge in [0, 0.05) is 6.54 Å². The molecule has 2 N–H and O–H groups in total. The van der Waals surface area contributed by atoms with Crippen molar-refractivity contribution < 1.29 is 19.0 Å². The van der Waals surface area contributed by atoms with Gasteiger partial charge in [0.2, 0.25) is 0 Å². The molecular weight excluding hydrogens is 356 g/mol. The summed E-state index contributed by atoms with van der Waals surface area (Å²) in [5.74, 6) is 0.198. The third-order valence-electron chi connectivity index (χ3n) is 3.91. The topological polar surface area (TPSA) is 74.0 Å². The Hall–Kier alpha value is -1.50. The Morgan fingerprint density at radius 2 is 1.81 bits per heavy atom. The standard InChI is InChI=1S/C19H32N2O4.ClH/c1-4-7-11-24-18-9-8-16(15-17(18)20)19(22)25-14-13-23-12-10-21(5-2)6-3;/h8-9,15H,4-7,10-14,20H2,1-3H3;1H. The molecule has 0 atom stereocenters. The van der Waals surface area contributed by atoms with Crippen molar-refractivity contribution in [1.29, 1.82) is 0 Å². The van der Waals surface area contributed by atoms with Gasteiger partial charge >= 0.3 is 5.97 Å². The lowest BCUT2D eigenvalue weighted by molar-refractivity contribution is 0.0286. The third-order valence-corrected chi connectivity index (χ3v) is 3.91. The normalized spacial score (nSPS) is 10.5. The van der Waals surface area contributed by atoms with Crippen LogP contribution >= 0.6 is 12.4 Å². The zero-order valence-corrected chi connectivity index (χ0v) is 17.0. The number of hydrogen-bond donors (Lipinski definition) is 1. The van der Waals surface area contributed by atoms with Crippen molar-refractivity contribution in [3.63, 3.8) is 0 Å². The lowest BCUT2D eigenvalue weighted by Gasteiger charge is -2.17. The molecule has 0 unspecified atom stereocenters. The number of carbonyl (C=O) groups is 1. The van der Waals surface area contributed by atoms with Crippen molar-refractivity contribution in [2.45, 2.75) is 33.6 Å². The Morgan fingerprint density at radius 3 is 2.42 bits per heavy atom. The molecule has 0 radical (unpaired) electrons. The van der Waals surface area contributed by atoms with E-state index in [4.69, 9.17) is 19.9 Å². The number of likely N-dealkylation sites (N-methyl/N-ethyl adjacent to an activating group) is 1. The van der Waals surface area contributed by atoms with Crippen molar-refractivity contribution in [3.05, 3.63) is 23.8 Å². The number of rotatable bonds is 13. The summed E-state index contributed by atoms with van der Waals surface area (Å²) in [4.78, 5) is 14.3. The molecule has 150 valence electrons. The molecule has 1 aromatic rings. The summed E-state index contributed by atoms with van der Waals surface area (Å²) in [5, 5.41) is 0. The minimum absolute atomic E-state index is 0. The van der Waals surface area contributed by atoms with Crippen LogP contribution < -0.4 is 10.5 Å². The summed E-state index contributed by atoms with van der Waals surface area (Å²) in [5.41, 5.74) is 6.79. The summed E-state index contributed by atoms with van der Waals surface area (Å²) in [6.07, 6.45) is 2.03. The van der Waals surface area contributed by atoms with E-state index in [2.05, 4.69) is 25.7 Å². The largest absolute Gasteiger partial charge is 0.491 e. The predicted octanol–water partition coefficient (Wildman–Crippen LogP) is 3.38. The minimum Gasteiger partial charge on any atom is -0.491 e. The molecule has 26 heavy (non-hydrogen) atoms. The van der Waals surface area contributed by atoms with Gasteiger partial charge in [-0.2, -0.15) is 0 Å². The first-order chi connectivity index (χ1) is 12.1. The molecule has 0 aliphatic carbocycles. The Labute approximate surface area is 163 Å². The first-order valence-corrected chi connectivity index (χ1v) is 9.11. The SMILES string of the molecule is CCCCOc1ccc(C(=O)OCCOCCN(CC)CC)cc1N.Cl. The summed E-state index contributed by atoms with van der Waals surface area (Å²) in [7, 11) is 0. The van der Waals surface area contributed by atoms with Crippen LogP contribution in [-0.2, 0) is 9.47 Å². The highest BCUT2D eigenvalue weighted by Gasteiger charge is 2.10. The number of esters is 1. The number of nitrogens with zero attached hydrogens (tertiary/aromatic N) is 1. The monoisotopic (exact) mass is 388 g/mol. The second kappa shape index (κ2) is 14.6. The number of nitrogens with two attached hydrogens (primary N) is 1. The highest BCUT2D eigenvalue weighted by molar-refractivity contribution is 5.91. The molecule has 1 aromatic carbocycles. The minimum atomic E-state index is -0.404. The molecule has 0 heterocycles. The zero-order chi connectivity index (χ0) is 18.5. The van der Waals surface area contributed by atoms with Crippen molar-refractivity contribution in [2.75, 3.05) is 51.8 Å². The smallest absolute Gasteiger partial charge is 0.338 e. The van der Waals surface area contributed by atoms with Crippen LogP contribution in [0.2, 0.25) is 0 Å². The number of ether oxygens (including phenoxy) is 3. The van der Waals surface area contributed by atoms with Crippen LogP contribution in [0.1, 0.15) is 44.0 Å². The van der Waals surface area contributed by atoms with Gasteiger partial charge in [0.15, 0.2) is 0 Å². The molecule has 0 bridgehead atoms. The second-order valence-electron chi connectivity index (χ2n) is 5.73. The fourth-order valence-electron chi connectivity index (χ4n) is 2.25. The molecular formula is C19H33ClN2O4. The average molecular weight is 389 g/mol. The molecule has 0 amide bonds. The quantitative estimate of drug-likeness (QED) is 0.317. The van der Waals surface area contributed by atoms with Gasteiger partial charge in [-0.25, -0.2) is 4.79 Å². The van der Waals surface area contributed by atoms with Gasteiger partial charge in [-0.1, -0.05) is 27.2 Å². The van der Waals surface area contributed by atoms with E-state index in [1.54, 1.807) is 18.2 Å². The molecule has 0 fully saturated rings. The summed E-state index contributed by atoms with van der Waals surface area (Å²) < 4.78 is 16.3. The number of anilines is 1. The van der Waals surface area contributed by atoms with Gasteiger partial charge in [-0.15, -0.1) is 12.4 Å². The molecule has 6 nitrogen and oxygen atoms in total. The first-order valence-electron chi connectivity index (χ1n) is 9.11. The van der Waals surface area contributed by atoms with Gasteiger partial charge in [0.25, 0.3) is 0 Å². The van der Waals surface area contributed by atoms with Crippen LogP contribution in [0, 0.1) is 0 Å². The van der Waals surface area contributed by atoms with Crippen molar-refractivity contribution in [2.24, 2.45) is 0 Å². The lowest BCUT2D eigenvalue weighted by Crippen LogP contribution is -2.27. The molecule has 0 aliphatic heterocycles. The first kappa shape index (κ1) is 24.5. The number of benzene rings is 1. The van der Waals surface area contributed by atoms with E-state index >= 15 is 0 Å². The van der Waals surface area contributed by atoms with Crippen molar-refractivity contribution >= 4 is 24.1 Å². The van der Waals surface area contributed by atoms with E-state index < -0.39 is 5.97 Å². The highest BCUT2D eigenvalue weighted by Crippen LogP contribution is 2.23. The van der Waals surface area contributed by atoms with Crippen LogP contribution in [0.25, 0.3) is 0 Å². The lowest BCUT2D eigenvalue weighted by atomic mass is 10.2. The van der Waals surface area contributed by atoms with E-state index in [1.165, 1.54) is 0 Å². The number of carbonyl (C=O) groups excluding carboxylic acids is 1. The van der Waals surface area contributed by atoms with E-state index in [-0.39, 0.29) is 19.0 Å². The third kappa shape index (κ3) is 9.27. The zero-order valence-electron chi connectivity index (χ0n) is 16.2. The van der Waals surface area contributed by atoms with E-state index in [0.717, 1.165) is 32.5 Å². The van der Waals surface area contributed by atoms with E-state index in [1.807, 2.05) is 0 Å². The second-order valence-corrected chi connectivity index (χ2v) is 5.73. The summed E-state index contributed by atoms with van der Waals surface area (Å²) >= 11 is 0. The van der Waals surface area contributed by atoms with Gasteiger partial charge in [-0.3, -0.25) is 0 Å². The number of hydrogen-bond acceptors (Lipinski definition) is 6. The maximum atomic E-state index is 12.0. The van der Waals surface area contributed by atoms with Gasteiger partial charge < -0.3 is 24.8 Å². The van der Waals surface area contributed by atoms with E-state index in [9.17, 15) is 4.79 Å². The summed E-state index contributed by atoms with van der Waals surface area (Å²) in [6, 6.07) is 4.97. The highest BCUT2D eigenvalue weighted by atomic mass is 35.5. The molecule has 0 aliphatic rings. The van der Waals surface area contributed by atoms with Gasteiger partial charge in [0.1, 0.15) is 12.4 Å². The Bertz CT molecular complexity index is 510. The Morgan fingerprint density at radius 1 is 1.08 bits per heavy atom. The van der Waals surface area contributed by atoms with Crippen molar-refractivity contribution in [1.82, 2.24) is 4.90 Å². The maximum absolute atomic E-state index is 12.0. The maximum Gasteiger partial charge on any atom is 0.338 e. The van der Waals surface area contributed by atoms with E-state index in [0.29, 0.717) is 36.8 Å². The predicted molar refractivity (Wildman–Crippen MR) is 107 cm³/mol. The molecule has 7 heteroatoms. The fourth-order valence-corrected chi connectivity index (χ4v) is 2.25. The average Bonchev–Trinajstić information content (AvgIpc) is 2.62.